The van der Waals surface area contributed by atoms with E-state index in [1.54, 1.807) is 22.7 Å². The minimum Gasteiger partial charge on any atom is -0.258 e. The van der Waals surface area contributed by atoms with E-state index in [0.29, 0.717) is 0 Å². The molecule has 0 aliphatic heterocycles. The Labute approximate surface area is 108 Å². The van der Waals surface area contributed by atoms with Crippen molar-refractivity contribution in [1.82, 2.24) is 15.2 Å². The fraction of sp³-hybridized carbons (Fsp3) is 0. The largest absolute Gasteiger partial charge is 0.258 e. The number of nitrogens with one attached hydrogen (secondary N) is 1. The summed E-state index contributed by atoms with van der Waals surface area (Å²) in [5.41, 5.74) is 0. The molecule has 0 fully saturated rings. The van der Waals surface area contributed by atoms with Crippen LogP contribution in [0.15, 0.2) is 33.4 Å². The second-order valence-electron chi connectivity index (χ2n) is 3.09. The van der Waals surface area contributed by atoms with E-state index in [1.165, 1.54) is 0 Å². The number of halogens is 1. The molecule has 0 spiro atoms. The molecule has 16 heavy (non-hydrogen) atoms. The molecular formula is C10H6BrN3S2. The van der Waals surface area contributed by atoms with Crippen molar-refractivity contribution in [3.8, 4) is 21.4 Å². The monoisotopic (exact) mass is 311 g/mol. The third-order valence-corrected chi connectivity index (χ3v) is 4.53. The minimum absolute atomic E-state index is 0.749. The first-order valence-electron chi connectivity index (χ1n) is 4.55. The lowest BCUT2D eigenvalue weighted by atomic mass is 10.4. The van der Waals surface area contributed by atoms with Crippen LogP contribution in [0.5, 0.6) is 0 Å². The van der Waals surface area contributed by atoms with Gasteiger partial charge < -0.3 is 0 Å². The van der Waals surface area contributed by atoms with Crippen LogP contribution in [0.1, 0.15) is 0 Å². The van der Waals surface area contributed by atoms with Crippen LogP contribution in [0.25, 0.3) is 21.4 Å². The molecular weight excluding hydrogens is 306 g/mol. The van der Waals surface area contributed by atoms with Crippen LogP contribution in [-0.4, -0.2) is 15.2 Å². The van der Waals surface area contributed by atoms with Gasteiger partial charge in [0.1, 0.15) is 0 Å². The lowest BCUT2D eigenvalue weighted by Gasteiger charge is -1.86. The summed E-state index contributed by atoms with van der Waals surface area (Å²) in [7, 11) is 0. The fourth-order valence-corrected chi connectivity index (χ4v) is 3.31. The molecule has 1 N–H and O–H groups in total. The summed E-state index contributed by atoms with van der Waals surface area (Å²) in [6.45, 7) is 0. The number of hydrogen-bond acceptors (Lipinski definition) is 4. The molecule has 80 valence electrons. The molecule has 0 aliphatic carbocycles. The Bertz CT molecular complexity index is 597. The zero-order valence-corrected chi connectivity index (χ0v) is 11.2. The molecule has 0 saturated carbocycles. The number of thiophene rings is 2. The zero-order valence-electron chi connectivity index (χ0n) is 7.98. The van der Waals surface area contributed by atoms with Gasteiger partial charge in [-0.05, 0) is 39.5 Å². The minimum atomic E-state index is 0.749. The van der Waals surface area contributed by atoms with Crippen molar-refractivity contribution in [1.29, 1.82) is 0 Å². The Balaban J connectivity index is 2.00. The highest BCUT2D eigenvalue weighted by Crippen LogP contribution is 2.30. The molecule has 3 nitrogen and oxygen atoms in total. The van der Waals surface area contributed by atoms with Gasteiger partial charge in [-0.15, -0.1) is 22.7 Å². The Morgan fingerprint density at radius 2 is 2.12 bits per heavy atom. The third kappa shape index (κ3) is 1.83. The Hall–Kier alpha value is -0.980. The SMILES string of the molecule is Brc1ccc(-c2n[nH]c(-c3cccs3)n2)s1. The fourth-order valence-electron chi connectivity index (χ4n) is 1.33. The number of hydrogen-bond donors (Lipinski definition) is 1. The highest BCUT2D eigenvalue weighted by Gasteiger charge is 2.09. The first kappa shape index (κ1) is 10.2. The van der Waals surface area contributed by atoms with Gasteiger partial charge in [-0.1, -0.05) is 6.07 Å². The molecule has 0 saturated heterocycles. The summed E-state index contributed by atoms with van der Waals surface area (Å²) in [6, 6.07) is 8.04. The normalized spacial score (nSPS) is 10.8. The molecule has 3 aromatic heterocycles. The van der Waals surface area contributed by atoms with E-state index in [9.17, 15) is 0 Å². The molecule has 0 atom stereocenters. The third-order valence-electron chi connectivity index (χ3n) is 2.03. The van der Waals surface area contributed by atoms with Crippen molar-refractivity contribution in [3.63, 3.8) is 0 Å². The second kappa shape index (κ2) is 4.12. The summed E-state index contributed by atoms with van der Waals surface area (Å²) >= 11 is 6.71. The van der Waals surface area contributed by atoms with Gasteiger partial charge >= 0.3 is 0 Å². The molecule has 3 rings (SSSR count). The summed E-state index contributed by atoms with van der Waals surface area (Å²) in [6.07, 6.45) is 0. The number of aromatic amines is 1. The van der Waals surface area contributed by atoms with Gasteiger partial charge in [0.05, 0.1) is 13.5 Å². The topological polar surface area (TPSA) is 41.6 Å². The quantitative estimate of drug-likeness (QED) is 0.776. The molecule has 6 heteroatoms. The smallest absolute Gasteiger partial charge is 0.191 e. The standard InChI is InChI=1S/C10H6BrN3S2/c11-8-4-3-7(16-8)10-12-9(13-14-10)6-2-1-5-15-6/h1-5H,(H,12,13,14). The average molecular weight is 312 g/mol. The van der Waals surface area contributed by atoms with Crippen LogP contribution in [0.3, 0.4) is 0 Å². The maximum Gasteiger partial charge on any atom is 0.191 e. The number of H-pyrrole nitrogens is 1. The van der Waals surface area contributed by atoms with E-state index in [0.717, 1.165) is 25.2 Å². The van der Waals surface area contributed by atoms with Crippen molar-refractivity contribution in [2.24, 2.45) is 0 Å². The van der Waals surface area contributed by atoms with E-state index >= 15 is 0 Å². The second-order valence-corrected chi connectivity index (χ2v) is 6.50. The van der Waals surface area contributed by atoms with Gasteiger partial charge in [-0.3, -0.25) is 5.10 Å². The van der Waals surface area contributed by atoms with Crippen LogP contribution in [0.2, 0.25) is 0 Å². The lowest BCUT2D eigenvalue weighted by Crippen LogP contribution is -1.74. The summed E-state index contributed by atoms with van der Waals surface area (Å²) in [5.74, 6) is 1.58. The first-order chi connectivity index (χ1) is 7.83. The van der Waals surface area contributed by atoms with E-state index < -0.39 is 0 Å². The molecule has 0 aromatic carbocycles. The number of aromatic nitrogens is 3. The van der Waals surface area contributed by atoms with Gasteiger partial charge in [0.2, 0.25) is 0 Å². The van der Waals surface area contributed by atoms with Crippen LogP contribution in [0.4, 0.5) is 0 Å². The van der Waals surface area contributed by atoms with Gasteiger partial charge in [0, 0.05) is 0 Å². The van der Waals surface area contributed by atoms with E-state index in [4.69, 9.17) is 0 Å². The summed E-state index contributed by atoms with van der Waals surface area (Å²) < 4.78 is 1.09. The maximum absolute atomic E-state index is 4.47. The van der Waals surface area contributed by atoms with Crippen molar-refractivity contribution in [3.05, 3.63) is 33.4 Å². The lowest BCUT2D eigenvalue weighted by molar-refractivity contribution is 1.11. The van der Waals surface area contributed by atoms with Crippen LogP contribution >= 0.6 is 38.6 Å². The van der Waals surface area contributed by atoms with Gasteiger partial charge in [-0.2, -0.15) is 5.10 Å². The number of rotatable bonds is 2. The van der Waals surface area contributed by atoms with Gasteiger partial charge in [0.15, 0.2) is 11.6 Å². The first-order valence-corrected chi connectivity index (χ1v) is 7.04. The highest BCUT2D eigenvalue weighted by molar-refractivity contribution is 9.11. The predicted octanol–water partition coefficient (Wildman–Crippen LogP) is 4.02. The Morgan fingerprint density at radius 1 is 1.19 bits per heavy atom. The van der Waals surface area contributed by atoms with E-state index in [1.807, 2.05) is 29.6 Å². The van der Waals surface area contributed by atoms with E-state index in [-0.39, 0.29) is 0 Å². The molecule has 0 unspecified atom stereocenters. The maximum atomic E-state index is 4.47. The number of nitrogens with zero attached hydrogens (tertiary/aromatic N) is 2. The molecule has 0 bridgehead atoms. The highest BCUT2D eigenvalue weighted by atomic mass is 79.9. The predicted molar refractivity (Wildman–Crippen MR) is 70.7 cm³/mol. The molecule has 0 aliphatic rings. The zero-order chi connectivity index (χ0) is 11.0. The summed E-state index contributed by atoms with van der Waals surface area (Å²) in [4.78, 5) is 6.64. The van der Waals surface area contributed by atoms with Crippen LogP contribution in [-0.2, 0) is 0 Å². The van der Waals surface area contributed by atoms with Crippen molar-refractivity contribution >= 4 is 38.6 Å². The van der Waals surface area contributed by atoms with Crippen molar-refractivity contribution in [2.45, 2.75) is 0 Å². The molecule has 3 heterocycles. The van der Waals surface area contributed by atoms with Gasteiger partial charge in [0.25, 0.3) is 0 Å². The molecule has 0 radical (unpaired) electrons. The van der Waals surface area contributed by atoms with E-state index in [2.05, 4.69) is 31.1 Å². The van der Waals surface area contributed by atoms with Crippen molar-refractivity contribution < 1.29 is 0 Å². The summed E-state index contributed by atoms with van der Waals surface area (Å²) in [5, 5.41) is 9.20. The molecule has 3 aromatic rings. The van der Waals surface area contributed by atoms with Gasteiger partial charge in [-0.25, -0.2) is 4.98 Å². The van der Waals surface area contributed by atoms with Crippen molar-refractivity contribution in [2.75, 3.05) is 0 Å². The van der Waals surface area contributed by atoms with Crippen LogP contribution in [0, 0.1) is 0 Å². The Morgan fingerprint density at radius 3 is 2.81 bits per heavy atom. The average Bonchev–Trinajstić information content (AvgIpc) is 2.97. The molecule has 0 amide bonds. The van der Waals surface area contributed by atoms with Crippen LogP contribution < -0.4 is 0 Å². The Kier molecular flexibility index (Phi) is 2.62.